The summed E-state index contributed by atoms with van der Waals surface area (Å²) in [6.07, 6.45) is 0. The van der Waals surface area contributed by atoms with E-state index in [9.17, 15) is 0 Å². The first-order chi connectivity index (χ1) is 9.82. The third-order valence-electron chi connectivity index (χ3n) is 4.04. The number of aromatic nitrogens is 2. The lowest BCUT2D eigenvalue weighted by atomic mass is 9.87. The standard InChI is InChI=1S/C18H27N3/c1-13-17(11-19-6)14(2)21(20-13)12-15-7-9-16(10-8-15)18(3,4)5/h7-10,19H,11-12H2,1-6H3. The fourth-order valence-corrected chi connectivity index (χ4v) is 2.60. The van der Waals surface area contributed by atoms with E-state index in [2.05, 4.69) is 74.0 Å². The van der Waals surface area contributed by atoms with Crippen molar-refractivity contribution >= 4 is 0 Å². The molecule has 1 N–H and O–H groups in total. The maximum absolute atomic E-state index is 4.67. The van der Waals surface area contributed by atoms with Crippen molar-refractivity contribution in [3.8, 4) is 0 Å². The highest BCUT2D eigenvalue weighted by atomic mass is 15.3. The Bertz CT molecular complexity index is 601. The van der Waals surface area contributed by atoms with Crippen molar-refractivity contribution in [2.75, 3.05) is 7.05 Å². The summed E-state index contributed by atoms with van der Waals surface area (Å²) in [4.78, 5) is 0. The number of hydrogen-bond donors (Lipinski definition) is 1. The van der Waals surface area contributed by atoms with Crippen LogP contribution >= 0.6 is 0 Å². The van der Waals surface area contributed by atoms with Crippen molar-refractivity contribution < 1.29 is 0 Å². The Morgan fingerprint density at radius 1 is 1.10 bits per heavy atom. The van der Waals surface area contributed by atoms with Gasteiger partial charge in [-0.05, 0) is 37.4 Å². The molecule has 3 heteroatoms. The molecule has 0 aliphatic rings. The summed E-state index contributed by atoms with van der Waals surface area (Å²) in [5, 5.41) is 7.89. The number of nitrogens with zero attached hydrogens (tertiary/aromatic N) is 2. The minimum atomic E-state index is 0.205. The van der Waals surface area contributed by atoms with Gasteiger partial charge in [0.1, 0.15) is 0 Å². The lowest BCUT2D eigenvalue weighted by Crippen LogP contribution is -2.11. The number of rotatable bonds is 4. The van der Waals surface area contributed by atoms with E-state index in [1.807, 2.05) is 7.05 Å². The molecule has 2 rings (SSSR count). The molecule has 21 heavy (non-hydrogen) atoms. The molecule has 0 unspecified atom stereocenters. The summed E-state index contributed by atoms with van der Waals surface area (Å²) in [6.45, 7) is 12.7. The molecule has 0 radical (unpaired) electrons. The maximum atomic E-state index is 4.67. The Morgan fingerprint density at radius 3 is 2.24 bits per heavy atom. The molecule has 0 spiro atoms. The summed E-state index contributed by atoms with van der Waals surface area (Å²) in [7, 11) is 1.97. The SMILES string of the molecule is CNCc1c(C)nn(Cc2ccc(C(C)(C)C)cc2)c1C. The molecule has 2 aromatic rings. The summed E-state index contributed by atoms with van der Waals surface area (Å²) >= 11 is 0. The van der Waals surface area contributed by atoms with Gasteiger partial charge in [0.05, 0.1) is 12.2 Å². The zero-order valence-electron chi connectivity index (χ0n) is 14.1. The number of nitrogens with one attached hydrogen (secondary N) is 1. The summed E-state index contributed by atoms with van der Waals surface area (Å²) in [6, 6.07) is 8.90. The second-order valence-corrected chi connectivity index (χ2v) is 6.78. The van der Waals surface area contributed by atoms with Crippen molar-refractivity contribution in [3.63, 3.8) is 0 Å². The minimum Gasteiger partial charge on any atom is -0.316 e. The molecule has 1 aromatic heterocycles. The second kappa shape index (κ2) is 6.02. The number of hydrogen-bond acceptors (Lipinski definition) is 2. The van der Waals surface area contributed by atoms with Crippen LogP contribution in [0.3, 0.4) is 0 Å². The predicted octanol–water partition coefficient (Wildman–Crippen LogP) is 3.57. The molecule has 0 bridgehead atoms. The first-order valence-corrected chi connectivity index (χ1v) is 7.60. The Hall–Kier alpha value is -1.61. The molecule has 0 saturated heterocycles. The molecule has 0 aliphatic carbocycles. The Labute approximate surface area is 128 Å². The van der Waals surface area contributed by atoms with Crippen LogP contribution in [-0.2, 0) is 18.5 Å². The smallest absolute Gasteiger partial charge is 0.0662 e. The number of benzene rings is 1. The van der Waals surface area contributed by atoms with Gasteiger partial charge in [-0.1, -0.05) is 45.0 Å². The van der Waals surface area contributed by atoms with Crippen LogP contribution in [0.15, 0.2) is 24.3 Å². The monoisotopic (exact) mass is 285 g/mol. The zero-order valence-corrected chi connectivity index (χ0v) is 14.1. The molecular formula is C18H27N3. The normalized spacial score (nSPS) is 11.9. The molecule has 1 aromatic carbocycles. The largest absolute Gasteiger partial charge is 0.316 e. The van der Waals surface area contributed by atoms with Crippen molar-refractivity contribution in [1.82, 2.24) is 15.1 Å². The van der Waals surface area contributed by atoms with Crippen LogP contribution in [0, 0.1) is 13.8 Å². The Morgan fingerprint density at radius 2 is 1.71 bits per heavy atom. The lowest BCUT2D eigenvalue weighted by molar-refractivity contribution is 0.589. The quantitative estimate of drug-likeness (QED) is 0.931. The molecule has 0 saturated carbocycles. The average Bonchev–Trinajstić information content (AvgIpc) is 2.66. The van der Waals surface area contributed by atoms with Crippen LogP contribution in [0.5, 0.6) is 0 Å². The van der Waals surface area contributed by atoms with Crippen LogP contribution < -0.4 is 5.32 Å². The molecule has 0 atom stereocenters. The van der Waals surface area contributed by atoms with Crippen LogP contribution in [0.4, 0.5) is 0 Å². The molecule has 0 aliphatic heterocycles. The predicted molar refractivity (Wildman–Crippen MR) is 88.7 cm³/mol. The van der Waals surface area contributed by atoms with Crippen LogP contribution in [-0.4, -0.2) is 16.8 Å². The van der Waals surface area contributed by atoms with Gasteiger partial charge in [0.25, 0.3) is 0 Å². The fraction of sp³-hybridized carbons (Fsp3) is 0.500. The third-order valence-corrected chi connectivity index (χ3v) is 4.04. The zero-order chi connectivity index (χ0) is 15.6. The van der Waals surface area contributed by atoms with Crippen LogP contribution in [0.1, 0.15) is 48.8 Å². The minimum absolute atomic E-state index is 0.205. The first-order valence-electron chi connectivity index (χ1n) is 7.60. The van der Waals surface area contributed by atoms with Crippen molar-refractivity contribution in [1.29, 1.82) is 0 Å². The van der Waals surface area contributed by atoms with Gasteiger partial charge in [-0.3, -0.25) is 4.68 Å². The summed E-state index contributed by atoms with van der Waals surface area (Å²) in [5.74, 6) is 0. The summed E-state index contributed by atoms with van der Waals surface area (Å²) in [5.41, 5.74) is 6.55. The van der Waals surface area contributed by atoms with Gasteiger partial charge < -0.3 is 5.32 Å². The van der Waals surface area contributed by atoms with Crippen LogP contribution in [0.2, 0.25) is 0 Å². The van der Waals surface area contributed by atoms with Gasteiger partial charge in [-0.25, -0.2) is 0 Å². The van der Waals surface area contributed by atoms with Crippen LogP contribution in [0.25, 0.3) is 0 Å². The van der Waals surface area contributed by atoms with E-state index in [0.29, 0.717) is 0 Å². The summed E-state index contributed by atoms with van der Waals surface area (Å²) < 4.78 is 2.11. The van der Waals surface area contributed by atoms with Crippen molar-refractivity contribution in [3.05, 3.63) is 52.3 Å². The van der Waals surface area contributed by atoms with E-state index in [0.717, 1.165) is 18.8 Å². The van der Waals surface area contributed by atoms with E-state index in [1.165, 1.54) is 22.4 Å². The second-order valence-electron chi connectivity index (χ2n) is 6.78. The molecule has 114 valence electrons. The number of aryl methyl sites for hydroxylation is 1. The van der Waals surface area contributed by atoms with E-state index in [4.69, 9.17) is 0 Å². The highest BCUT2D eigenvalue weighted by Gasteiger charge is 2.14. The Kier molecular flexibility index (Phi) is 4.52. The first kappa shape index (κ1) is 15.8. The molecule has 0 fully saturated rings. The van der Waals surface area contributed by atoms with Gasteiger partial charge >= 0.3 is 0 Å². The van der Waals surface area contributed by atoms with E-state index in [-0.39, 0.29) is 5.41 Å². The van der Waals surface area contributed by atoms with Gasteiger partial charge in [0, 0.05) is 17.8 Å². The Balaban J connectivity index is 2.21. The van der Waals surface area contributed by atoms with Gasteiger partial charge in [-0.15, -0.1) is 0 Å². The maximum Gasteiger partial charge on any atom is 0.0662 e. The van der Waals surface area contributed by atoms with Crippen molar-refractivity contribution in [2.24, 2.45) is 0 Å². The van der Waals surface area contributed by atoms with E-state index in [1.54, 1.807) is 0 Å². The topological polar surface area (TPSA) is 29.9 Å². The average molecular weight is 285 g/mol. The van der Waals surface area contributed by atoms with Gasteiger partial charge in [0.2, 0.25) is 0 Å². The van der Waals surface area contributed by atoms with Gasteiger partial charge in [0.15, 0.2) is 0 Å². The molecular weight excluding hydrogens is 258 g/mol. The lowest BCUT2D eigenvalue weighted by Gasteiger charge is -2.19. The highest BCUT2D eigenvalue weighted by molar-refractivity contribution is 5.29. The highest BCUT2D eigenvalue weighted by Crippen LogP contribution is 2.22. The van der Waals surface area contributed by atoms with E-state index >= 15 is 0 Å². The fourth-order valence-electron chi connectivity index (χ4n) is 2.60. The van der Waals surface area contributed by atoms with Crippen molar-refractivity contribution in [2.45, 2.75) is 53.1 Å². The van der Waals surface area contributed by atoms with E-state index < -0.39 is 0 Å². The molecule has 1 heterocycles. The van der Waals surface area contributed by atoms with Gasteiger partial charge in [-0.2, -0.15) is 5.10 Å². The molecule has 3 nitrogen and oxygen atoms in total. The molecule has 0 amide bonds. The third kappa shape index (κ3) is 3.53.